The van der Waals surface area contributed by atoms with Gasteiger partial charge < -0.3 is 30.7 Å². The normalized spacial score (nSPS) is 12.1. The Morgan fingerprint density at radius 2 is 1.84 bits per heavy atom. The molecular weight excluding hydrogens is 494 g/mol. The number of carbonyl (C=O) groups excluding carboxylic acids is 5. The van der Waals surface area contributed by atoms with E-state index in [1.54, 1.807) is 45.9 Å². The Kier molecular flexibility index (Phi) is 12.3. The van der Waals surface area contributed by atoms with E-state index in [0.717, 1.165) is 4.90 Å². The maximum absolute atomic E-state index is 13.6. The quantitative estimate of drug-likeness (QED) is 0.204. The van der Waals surface area contributed by atoms with Crippen LogP contribution in [0.25, 0.3) is 0 Å². The van der Waals surface area contributed by atoms with Crippen molar-refractivity contribution in [3.05, 3.63) is 35.4 Å². The molecule has 1 aromatic carbocycles. The van der Waals surface area contributed by atoms with Crippen molar-refractivity contribution in [2.45, 2.75) is 58.2 Å². The molecule has 12 nitrogen and oxygen atoms in total. The van der Waals surface area contributed by atoms with Crippen LogP contribution in [0.15, 0.2) is 24.3 Å². The van der Waals surface area contributed by atoms with Crippen LogP contribution in [0, 0.1) is 23.7 Å². The Morgan fingerprint density at radius 1 is 1.18 bits per heavy atom. The van der Waals surface area contributed by atoms with Crippen LogP contribution in [0.5, 0.6) is 0 Å². The standard InChI is InChI=1S/C26H33N5O7/c1-6-17-10-8-9-11-18(17)22(23(34)29-14-12-21(33)37-7-2)31(15-13-27)24(35)19(16-20(28)32)30-25(36)38-26(3,4)5/h1,8-11,19,22H,7,12,14-16H2,2-5H3,(H2,28,32)(H,29,34)(H,30,36). The van der Waals surface area contributed by atoms with E-state index >= 15 is 0 Å². The van der Waals surface area contributed by atoms with Gasteiger partial charge in [-0.2, -0.15) is 5.26 Å². The number of primary amides is 1. The van der Waals surface area contributed by atoms with Crippen LogP contribution in [0.1, 0.15) is 57.7 Å². The van der Waals surface area contributed by atoms with Gasteiger partial charge in [-0.15, -0.1) is 6.42 Å². The minimum atomic E-state index is -1.55. The molecule has 2 atom stereocenters. The number of rotatable bonds is 12. The number of terminal acetylenes is 1. The molecule has 1 rings (SSSR count). The summed E-state index contributed by atoms with van der Waals surface area (Å²) >= 11 is 0. The van der Waals surface area contributed by atoms with E-state index < -0.39 is 60.4 Å². The van der Waals surface area contributed by atoms with Crippen molar-refractivity contribution in [1.29, 1.82) is 5.26 Å². The average molecular weight is 528 g/mol. The summed E-state index contributed by atoms with van der Waals surface area (Å²) in [4.78, 5) is 63.7. The van der Waals surface area contributed by atoms with Crippen LogP contribution < -0.4 is 16.4 Å². The molecule has 0 heterocycles. The maximum Gasteiger partial charge on any atom is 0.408 e. The van der Waals surface area contributed by atoms with Gasteiger partial charge >= 0.3 is 12.1 Å². The summed E-state index contributed by atoms with van der Waals surface area (Å²) in [7, 11) is 0. The fourth-order valence-corrected chi connectivity index (χ4v) is 3.36. The van der Waals surface area contributed by atoms with Gasteiger partial charge in [-0.1, -0.05) is 24.1 Å². The molecule has 204 valence electrons. The molecule has 0 spiro atoms. The molecule has 0 saturated heterocycles. The summed E-state index contributed by atoms with van der Waals surface area (Å²) in [5.74, 6) is -0.727. The van der Waals surface area contributed by atoms with Crippen molar-refractivity contribution < 1.29 is 33.4 Å². The van der Waals surface area contributed by atoms with Gasteiger partial charge in [-0.3, -0.25) is 19.2 Å². The van der Waals surface area contributed by atoms with Gasteiger partial charge in [0.05, 0.1) is 25.5 Å². The van der Waals surface area contributed by atoms with Gasteiger partial charge in [0, 0.05) is 12.1 Å². The van der Waals surface area contributed by atoms with Crippen LogP contribution >= 0.6 is 0 Å². The first-order valence-corrected chi connectivity index (χ1v) is 11.8. The third-order valence-electron chi connectivity index (χ3n) is 4.82. The smallest absolute Gasteiger partial charge is 0.408 e. The topological polar surface area (TPSA) is 181 Å². The number of esters is 1. The van der Waals surface area contributed by atoms with E-state index in [0.29, 0.717) is 0 Å². The van der Waals surface area contributed by atoms with Gasteiger partial charge in [-0.05, 0) is 39.3 Å². The number of carbonyl (C=O) groups is 5. The van der Waals surface area contributed by atoms with E-state index in [1.165, 1.54) is 6.07 Å². The number of ether oxygens (including phenoxy) is 2. The average Bonchev–Trinajstić information content (AvgIpc) is 2.82. The highest BCUT2D eigenvalue weighted by molar-refractivity contribution is 5.95. The first kappa shape index (κ1) is 31.4. The summed E-state index contributed by atoms with van der Waals surface area (Å²) in [6.45, 7) is 5.89. The number of alkyl carbamates (subject to hydrolysis) is 1. The molecule has 0 aliphatic heterocycles. The molecule has 0 aliphatic rings. The second kappa shape index (κ2) is 14.9. The Labute approximate surface area is 221 Å². The van der Waals surface area contributed by atoms with Crippen molar-refractivity contribution >= 4 is 29.8 Å². The number of nitrogens with two attached hydrogens (primary N) is 1. The Hall–Kier alpha value is -4.58. The lowest BCUT2D eigenvalue weighted by atomic mass is 9.97. The van der Waals surface area contributed by atoms with Crippen LogP contribution in [0.2, 0.25) is 0 Å². The number of nitriles is 1. The lowest BCUT2D eigenvalue weighted by molar-refractivity contribution is -0.144. The predicted octanol–water partition coefficient (Wildman–Crippen LogP) is 0.899. The zero-order valence-electron chi connectivity index (χ0n) is 21.9. The molecule has 4 amide bonds. The molecule has 0 aromatic heterocycles. The molecule has 38 heavy (non-hydrogen) atoms. The number of hydrogen-bond donors (Lipinski definition) is 3. The van der Waals surface area contributed by atoms with Crippen molar-refractivity contribution in [3.8, 4) is 18.4 Å². The Balaban J connectivity index is 3.46. The molecule has 12 heteroatoms. The molecule has 4 N–H and O–H groups in total. The fraction of sp³-hybridized carbons (Fsp3) is 0.462. The minimum Gasteiger partial charge on any atom is -0.466 e. The number of amides is 4. The number of nitrogens with one attached hydrogen (secondary N) is 2. The lowest BCUT2D eigenvalue weighted by Crippen LogP contribution is -2.54. The molecule has 2 unspecified atom stereocenters. The summed E-state index contributed by atoms with van der Waals surface area (Å²) in [6, 6.07) is 5.09. The number of hydrogen-bond acceptors (Lipinski definition) is 8. The predicted molar refractivity (Wildman–Crippen MR) is 136 cm³/mol. The zero-order chi connectivity index (χ0) is 28.9. The lowest BCUT2D eigenvalue weighted by Gasteiger charge is -2.33. The molecule has 0 aliphatic carbocycles. The number of benzene rings is 1. The second-order valence-corrected chi connectivity index (χ2v) is 8.97. The Morgan fingerprint density at radius 3 is 2.39 bits per heavy atom. The largest absolute Gasteiger partial charge is 0.466 e. The van der Waals surface area contributed by atoms with Crippen LogP contribution in [0.3, 0.4) is 0 Å². The number of nitrogens with zero attached hydrogens (tertiary/aromatic N) is 2. The monoisotopic (exact) mass is 527 g/mol. The maximum atomic E-state index is 13.6. The zero-order valence-corrected chi connectivity index (χ0v) is 21.9. The highest BCUT2D eigenvalue weighted by Crippen LogP contribution is 2.26. The van der Waals surface area contributed by atoms with E-state index in [-0.39, 0.29) is 30.7 Å². The van der Waals surface area contributed by atoms with Crippen molar-refractivity contribution in [1.82, 2.24) is 15.5 Å². The van der Waals surface area contributed by atoms with Crippen LogP contribution in [-0.4, -0.2) is 66.0 Å². The van der Waals surface area contributed by atoms with Gasteiger partial charge in [0.15, 0.2) is 0 Å². The van der Waals surface area contributed by atoms with Crippen molar-refractivity contribution in [2.75, 3.05) is 19.7 Å². The summed E-state index contributed by atoms with van der Waals surface area (Å²) in [5, 5.41) is 14.4. The third kappa shape index (κ3) is 10.2. The van der Waals surface area contributed by atoms with Gasteiger partial charge in [-0.25, -0.2) is 4.79 Å². The minimum absolute atomic E-state index is 0.123. The summed E-state index contributed by atoms with van der Waals surface area (Å²) in [5.41, 5.74) is 4.86. The first-order chi connectivity index (χ1) is 17.8. The molecule has 0 fully saturated rings. The highest BCUT2D eigenvalue weighted by atomic mass is 16.6. The van der Waals surface area contributed by atoms with Crippen molar-refractivity contribution in [2.24, 2.45) is 5.73 Å². The van der Waals surface area contributed by atoms with E-state index in [4.69, 9.17) is 21.6 Å². The molecule has 1 aromatic rings. The van der Waals surface area contributed by atoms with Gasteiger partial charge in [0.25, 0.3) is 0 Å². The molecule has 0 radical (unpaired) electrons. The second-order valence-electron chi connectivity index (χ2n) is 8.97. The summed E-state index contributed by atoms with van der Waals surface area (Å²) < 4.78 is 10.0. The van der Waals surface area contributed by atoms with E-state index in [1.807, 2.05) is 6.07 Å². The highest BCUT2D eigenvalue weighted by Gasteiger charge is 2.37. The van der Waals surface area contributed by atoms with Crippen molar-refractivity contribution in [3.63, 3.8) is 0 Å². The molecule has 0 bridgehead atoms. The first-order valence-electron chi connectivity index (χ1n) is 11.8. The Bertz CT molecular complexity index is 1110. The fourth-order valence-electron chi connectivity index (χ4n) is 3.36. The summed E-state index contributed by atoms with van der Waals surface area (Å²) in [6.07, 6.45) is 3.84. The molecule has 0 saturated carbocycles. The third-order valence-corrected chi connectivity index (χ3v) is 4.82. The van der Waals surface area contributed by atoms with Gasteiger partial charge in [0.2, 0.25) is 17.7 Å². The molecular formula is C26H33N5O7. The SMILES string of the molecule is C#Cc1ccccc1C(C(=O)NCCC(=O)OCC)N(CC#N)C(=O)C(CC(N)=O)NC(=O)OC(C)(C)C. The van der Waals surface area contributed by atoms with Gasteiger partial charge in [0.1, 0.15) is 24.2 Å². The van der Waals surface area contributed by atoms with Crippen LogP contribution in [0.4, 0.5) is 4.79 Å². The van der Waals surface area contributed by atoms with Crippen LogP contribution in [-0.2, 0) is 28.7 Å². The van der Waals surface area contributed by atoms with E-state index in [2.05, 4.69) is 16.6 Å². The van der Waals surface area contributed by atoms with E-state index in [9.17, 15) is 29.2 Å².